The number of hydrogen-bond donors (Lipinski definition) is 2. The van der Waals surface area contributed by atoms with Crippen LogP contribution in [0.25, 0.3) is 0 Å². The van der Waals surface area contributed by atoms with Crippen LogP contribution < -0.4 is 10.1 Å². The summed E-state index contributed by atoms with van der Waals surface area (Å²) < 4.78 is 7.17. The number of aliphatic hydroxyl groups excluding tert-OH is 1. The molecule has 0 unspecified atom stereocenters. The Bertz CT molecular complexity index is 469. The summed E-state index contributed by atoms with van der Waals surface area (Å²) in [5, 5.41) is 12.1. The van der Waals surface area contributed by atoms with Crippen LogP contribution in [0.4, 0.5) is 0 Å². The van der Waals surface area contributed by atoms with Gasteiger partial charge >= 0.3 is 0 Å². The highest BCUT2D eigenvalue weighted by molar-refractivity contribution is 9.11. The van der Waals surface area contributed by atoms with Crippen molar-refractivity contribution in [3.05, 3.63) is 27.1 Å². The lowest BCUT2D eigenvalue weighted by Crippen LogP contribution is -2.57. The second-order valence-corrected chi connectivity index (χ2v) is 6.47. The van der Waals surface area contributed by atoms with Crippen molar-refractivity contribution < 1.29 is 14.6 Å². The van der Waals surface area contributed by atoms with Crippen LogP contribution in [0.15, 0.2) is 27.1 Å². The van der Waals surface area contributed by atoms with E-state index in [2.05, 4.69) is 37.2 Å². The number of amides is 1. The molecule has 0 heterocycles. The van der Waals surface area contributed by atoms with Gasteiger partial charge in [-0.3, -0.25) is 4.79 Å². The van der Waals surface area contributed by atoms with Crippen molar-refractivity contribution >= 4 is 37.8 Å². The van der Waals surface area contributed by atoms with Crippen LogP contribution in [0.2, 0.25) is 0 Å². The lowest BCUT2D eigenvalue weighted by atomic mass is 9.77. The number of carbonyl (C=O) groups excluding carboxylic acids is 1. The average molecular weight is 393 g/mol. The third kappa shape index (κ3) is 3.70. The van der Waals surface area contributed by atoms with Crippen molar-refractivity contribution in [1.82, 2.24) is 5.32 Å². The van der Waals surface area contributed by atoms with Crippen molar-refractivity contribution in [3.8, 4) is 5.75 Å². The highest BCUT2D eigenvalue weighted by atomic mass is 79.9. The van der Waals surface area contributed by atoms with Crippen molar-refractivity contribution in [2.45, 2.75) is 24.8 Å². The minimum absolute atomic E-state index is 0.0132. The topological polar surface area (TPSA) is 58.6 Å². The summed E-state index contributed by atoms with van der Waals surface area (Å²) in [6.07, 6.45) is 2.70. The Labute approximate surface area is 128 Å². The molecule has 0 aliphatic heterocycles. The fourth-order valence-electron chi connectivity index (χ4n) is 1.99. The summed E-state index contributed by atoms with van der Waals surface area (Å²) in [7, 11) is 0. The molecule has 1 aromatic rings. The van der Waals surface area contributed by atoms with Gasteiger partial charge in [-0.15, -0.1) is 0 Å². The molecule has 2 rings (SSSR count). The summed E-state index contributed by atoms with van der Waals surface area (Å²) in [5.74, 6) is 0.411. The van der Waals surface area contributed by atoms with Crippen molar-refractivity contribution in [2.24, 2.45) is 0 Å². The molecule has 1 aromatic carbocycles. The van der Waals surface area contributed by atoms with Crippen molar-refractivity contribution in [1.29, 1.82) is 0 Å². The van der Waals surface area contributed by atoms with E-state index in [-0.39, 0.29) is 19.1 Å². The lowest BCUT2D eigenvalue weighted by Gasteiger charge is -2.40. The molecule has 0 aromatic heterocycles. The number of hydrogen-bond acceptors (Lipinski definition) is 3. The van der Waals surface area contributed by atoms with Crippen molar-refractivity contribution in [3.63, 3.8) is 0 Å². The number of nitrogens with one attached hydrogen (secondary N) is 1. The summed E-state index contributed by atoms with van der Waals surface area (Å²) in [5.41, 5.74) is -0.419. The number of halogens is 2. The molecule has 1 aliphatic carbocycles. The fourth-order valence-corrected chi connectivity index (χ4v) is 3.16. The molecule has 6 heteroatoms. The van der Waals surface area contributed by atoms with E-state index in [0.29, 0.717) is 5.75 Å². The Morgan fingerprint density at radius 2 is 2.16 bits per heavy atom. The second-order valence-electron chi connectivity index (χ2n) is 4.70. The van der Waals surface area contributed by atoms with Gasteiger partial charge in [-0.2, -0.15) is 0 Å². The van der Waals surface area contributed by atoms with Crippen LogP contribution >= 0.6 is 31.9 Å². The Balaban J connectivity index is 1.86. The molecule has 0 radical (unpaired) electrons. The first-order chi connectivity index (χ1) is 9.04. The number of rotatable bonds is 5. The molecular formula is C13H15Br2NO3. The zero-order valence-electron chi connectivity index (χ0n) is 10.3. The molecule has 2 N–H and O–H groups in total. The third-order valence-electron chi connectivity index (χ3n) is 3.27. The molecule has 4 nitrogen and oxygen atoms in total. The molecule has 1 saturated carbocycles. The normalized spacial score (nSPS) is 16.6. The maximum Gasteiger partial charge on any atom is 0.258 e. The largest absolute Gasteiger partial charge is 0.483 e. The van der Waals surface area contributed by atoms with Gasteiger partial charge in [-0.05, 0) is 53.4 Å². The molecule has 0 atom stereocenters. The fraction of sp³-hybridized carbons (Fsp3) is 0.462. The highest BCUT2D eigenvalue weighted by Gasteiger charge is 2.37. The quantitative estimate of drug-likeness (QED) is 0.809. The Hall–Kier alpha value is -0.590. The molecule has 0 bridgehead atoms. The van der Waals surface area contributed by atoms with E-state index in [1.54, 1.807) is 6.07 Å². The smallest absolute Gasteiger partial charge is 0.258 e. The average Bonchev–Trinajstić information content (AvgIpc) is 2.33. The van der Waals surface area contributed by atoms with Gasteiger partial charge in [0.1, 0.15) is 5.75 Å². The van der Waals surface area contributed by atoms with Gasteiger partial charge in [-0.25, -0.2) is 0 Å². The molecule has 0 saturated heterocycles. The molecule has 0 spiro atoms. The van der Waals surface area contributed by atoms with E-state index >= 15 is 0 Å². The Morgan fingerprint density at radius 3 is 2.68 bits per heavy atom. The summed E-state index contributed by atoms with van der Waals surface area (Å²) >= 11 is 6.72. The van der Waals surface area contributed by atoms with Gasteiger partial charge in [-0.1, -0.05) is 15.9 Å². The van der Waals surface area contributed by atoms with Crippen LogP contribution in [-0.2, 0) is 4.79 Å². The summed E-state index contributed by atoms with van der Waals surface area (Å²) in [6, 6.07) is 5.49. The zero-order valence-corrected chi connectivity index (χ0v) is 13.5. The zero-order chi connectivity index (χ0) is 13.9. The molecule has 19 heavy (non-hydrogen) atoms. The maximum atomic E-state index is 11.8. The van der Waals surface area contributed by atoms with Crippen molar-refractivity contribution in [2.75, 3.05) is 13.2 Å². The minimum Gasteiger partial charge on any atom is -0.483 e. The monoisotopic (exact) mass is 391 g/mol. The van der Waals surface area contributed by atoms with Crippen LogP contribution in [0.1, 0.15) is 19.3 Å². The number of ether oxygens (including phenoxy) is 1. The molecule has 1 amide bonds. The van der Waals surface area contributed by atoms with Crippen LogP contribution in [0, 0.1) is 0 Å². The standard InChI is InChI=1S/C13H15Br2NO3/c14-9-2-3-11(10(15)6-9)19-7-12(18)16-13(8-17)4-1-5-13/h2-3,6,17H,1,4-5,7-8H2,(H,16,18). The first-order valence-electron chi connectivity index (χ1n) is 6.04. The minimum atomic E-state index is -0.419. The van der Waals surface area contributed by atoms with Gasteiger partial charge in [0.2, 0.25) is 0 Å². The Morgan fingerprint density at radius 1 is 1.42 bits per heavy atom. The SMILES string of the molecule is O=C(COc1ccc(Br)cc1Br)NC1(CO)CCC1. The van der Waals surface area contributed by atoms with E-state index in [0.717, 1.165) is 28.2 Å². The van der Waals surface area contributed by atoms with Gasteiger partial charge in [0.15, 0.2) is 6.61 Å². The Kier molecular flexibility index (Phi) is 4.86. The third-order valence-corrected chi connectivity index (χ3v) is 4.38. The van der Waals surface area contributed by atoms with Gasteiger partial charge in [0.05, 0.1) is 16.6 Å². The second kappa shape index (κ2) is 6.24. The van der Waals surface area contributed by atoms with E-state index in [9.17, 15) is 9.90 Å². The maximum absolute atomic E-state index is 11.8. The number of carbonyl (C=O) groups is 1. The van der Waals surface area contributed by atoms with Gasteiger partial charge in [0, 0.05) is 4.47 Å². The lowest BCUT2D eigenvalue weighted by molar-refractivity contribution is -0.127. The van der Waals surface area contributed by atoms with Gasteiger partial charge < -0.3 is 15.2 Å². The highest BCUT2D eigenvalue weighted by Crippen LogP contribution is 2.31. The van der Waals surface area contributed by atoms with Crippen LogP contribution in [0.5, 0.6) is 5.75 Å². The molecule has 1 fully saturated rings. The first kappa shape index (κ1) is 14.8. The van der Waals surface area contributed by atoms with E-state index < -0.39 is 5.54 Å². The predicted octanol–water partition coefficient (Wildman–Crippen LogP) is 2.62. The van der Waals surface area contributed by atoms with E-state index in [1.165, 1.54) is 0 Å². The summed E-state index contributed by atoms with van der Waals surface area (Å²) in [6.45, 7) is -0.0668. The molecule has 1 aliphatic rings. The van der Waals surface area contributed by atoms with Crippen LogP contribution in [-0.4, -0.2) is 29.8 Å². The molecular weight excluding hydrogens is 378 g/mol. The van der Waals surface area contributed by atoms with E-state index in [4.69, 9.17) is 4.74 Å². The van der Waals surface area contributed by atoms with E-state index in [1.807, 2.05) is 12.1 Å². The molecule has 104 valence electrons. The van der Waals surface area contributed by atoms with Crippen LogP contribution in [0.3, 0.4) is 0 Å². The number of aliphatic hydroxyl groups is 1. The predicted molar refractivity (Wildman–Crippen MR) is 79.1 cm³/mol. The number of benzene rings is 1. The summed E-state index contributed by atoms with van der Waals surface area (Å²) in [4.78, 5) is 11.8. The first-order valence-corrected chi connectivity index (χ1v) is 7.63. The van der Waals surface area contributed by atoms with Gasteiger partial charge in [0.25, 0.3) is 5.91 Å².